The van der Waals surface area contributed by atoms with E-state index in [-0.39, 0.29) is 0 Å². The van der Waals surface area contributed by atoms with Crippen molar-refractivity contribution in [1.29, 1.82) is 0 Å². The van der Waals surface area contributed by atoms with E-state index in [4.69, 9.17) is 9.84 Å². The van der Waals surface area contributed by atoms with Gasteiger partial charge in [-0.15, -0.1) is 0 Å². The summed E-state index contributed by atoms with van der Waals surface area (Å²) in [5.41, 5.74) is 0.347. The molecule has 0 unspecified atom stereocenters. The molecule has 1 aliphatic carbocycles. The topological polar surface area (TPSA) is 75.6 Å². The van der Waals surface area contributed by atoms with Gasteiger partial charge in [0.25, 0.3) is 0 Å². The third-order valence-corrected chi connectivity index (χ3v) is 2.30. The molecule has 0 aliphatic heterocycles. The summed E-state index contributed by atoms with van der Waals surface area (Å²) in [6.07, 6.45) is 6.01. The molecule has 1 rings (SSSR count). The minimum absolute atomic E-state index is 0.293. The molecule has 0 spiro atoms. The number of alkyl carbamates (subject to hydrolysis) is 1. The van der Waals surface area contributed by atoms with E-state index >= 15 is 0 Å². The van der Waals surface area contributed by atoms with Crippen LogP contribution in [0.2, 0.25) is 0 Å². The van der Waals surface area contributed by atoms with Gasteiger partial charge in [0.1, 0.15) is 11.6 Å². The average Bonchev–Trinajstić information content (AvgIpc) is 2.66. The van der Waals surface area contributed by atoms with Crippen LogP contribution in [0.3, 0.4) is 0 Å². The van der Waals surface area contributed by atoms with Gasteiger partial charge in [-0.1, -0.05) is 23.8 Å². The first-order valence-corrected chi connectivity index (χ1v) is 5.85. The van der Waals surface area contributed by atoms with Gasteiger partial charge < -0.3 is 15.2 Å². The van der Waals surface area contributed by atoms with Crippen molar-refractivity contribution in [2.24, 2.45) is 0 Å². The Hall–Kier alpha value is -1.78. The van der Waals surface area contributed by atoms with Gasteiger partial charge in [0.05, 0.1) is 0 Å². The molecule has 2 N–H and O–H groups in total. The van der Waals surface area contributed by atoms with Crippen molar-refractivity contribution in [1.82, 2.24) is 5.32 Å². The average molecular weight is 253 g/mol. The second kappa shape index (κ2) is 5.71. The fourth-order valence-corrected chi connectivity index (χ4v) is 1.56. The Kier molecular flexibility index (Phi) is 4.53. The van der Waals surface area contributed by atoms with Gasteiger partial charge in [0.2, 0.25) is 0 Å². The number of carboxylic acid groups (broad SMARTS) is 1. The number of hydrogen-bond acceptors (Lipinski definition) is 3. The van der Waals surface area contributed by atoms with E-state index in [9.17, 15) is 9.59 Å². The number of ether oxygens (including phenoxy) is 1. The molecule has 1 atom stereocenters. The van der Waals surface area contributed by atoms with Gasteiger partial charge in [-0.3, -0.25) is 0 Å². The first-order valence-electron chi connectivity index (χ1n) is 5.85. The van der Waals surface area contributed by atoms with Crippen molar-refractivity contribution >= 4 is 12.1 Å². The first-order chi connectivity index (χ1) is 8.28. The number of allylic oxidation sites excluding steroid dienone is 3. The quantitative estimate of drug-likeness (QED) is 0.805. The number of carboxylic acids is 1. The lowest BCUT2D eigenvalue weighted by Crippen LogP contribution is -2.43. The van der Waals surface area contributed by atoms with E-state index in [2.05, 4.69) is 5.32 Å². The minimum atomic E-state index is -1.06. The van der Waals surface area contributed by atoms with Crippen molar-refractivity contribution in [3.05, 3.63) is 23.8 Å². The van der Waals surface area contributed by atoms with Crippen molar-refractivity contribution in [3.8, 4) is 0 Å². The van der Waals surface area contributed by atoms with Crippen molar-refractivity contribution < 1.29 is 19.4 Å². The molecule has 1 amide bonds. The Morgan fingerprint density at radius 3 is 2.61 bits per heavy atom. The van der Waals surface area contributed by atoms with Crippen molar-refractivity contribution in [2.45, 2.75) is 45.3 Å². The molecule has 0 heterocycles. The van der Waals surface area contributed by atoms with Gasteiger partial charge in [-0.05, 0) is 27.2 Å². The van der Waals surface area contributed by atoms with E-state index in [1.165, 1.54) is 0 Å². The van der Waals surface area contributed by atoms with Crippen LogP contribution >= 0.6 is 0 Å². The predicted octanol–water partition coefficient (Wildman–Crippen LogP) is 2.24. The maximum Gasteiger partial charge on any atom is 0.408 e. The summed E-state index contributed by atoms with van der Waals surface area (Å²) in [4.78, 5) is 22.6. The molecule has 18 heavy (non-hydrogen) atoms. The van der Waals surface area contributed by atoms with Gasteiger partial charge in [0.15, 0.2) is 0 Å². The van der Waals surface area contributed by atoms with Crippen LogP contribution in [-0.4, -0.2) is 28.8 Å². The highest BCUT2D eigenvalue weighted by Crippen LogP contribution is 2.17. The maximum atomic E-state index is 11.5. The second-order valence-electron chi connectivity index (χ2n) is 5.20. The Morgan fingerprint density at radius 1 is 1.50 bits per heavy atom. The third-order valence-electron chi connectivity index (χ3n) is 2.30. The zero-order valence-corrected chi connectivity index (χ0v) is 10.9. The van der Waals surface area contributed by atoms with Crippen LogP contribution in [-0.2, 0) is 9.53 Å². The first kappa shape index (κ1) is 14.3. The van der Waals surface area contributed by atoms with Gasteiger partial charge in [-0.2, -0.15) is 0 Å². The normalized spacial score (nSPS) is 16.1. The highest BCUT2D eigenvalue weighted by Gasteiger charge is 2.24. The summed E-state index contributed by atoms with van der Waals surface area (Å²) in [6.45, 7) is 5.18. The highest BCUT2D eigenvalue weighted by molar-refractivity contribution is 5.80. The number of aliphatic carboxylic acids is 1. The Labute approximate surface area is 107 Å². The Balaban J connectivity index is 2.53. The van der Waals surface area contributed by atoms with E-state index < -0.39 is 23.7 Å². The summed E-state index contributed by atoms with van der Waals surface area (Å²) in [5, 5.41) is 11.4. The van der Waals surface area contributed by atoms with Crippen LogP contribution in [0.15, 0.2) is 23.8 Å². The fraction of sp³-hybridized carbons (Fsp3) is 0.538. The SMILES string of the molecule is CC(C)(C)OC(=O)N[C@@H](CC1=CC=CC1)C(=O)O. The Morgan fingerprint density at radius 2 is 2.17 bits per heavy atom. The van der Waals surface area contributed by atoms with E-state index in [1.807, 2.05) is 18.2 Å². The summed E-state index contributed by atoms with van der Waals surface area (Å²) < 4.78 is 5.03. The van der Waals surface area contributed by atoms with Crippen LogP contribution in [0.1, 0.15) is 33.6 Å². The van der Waals surface area contributed by atoms with Gasteiger partial charge in [-0.25, -0.2) is 9.59 Å². The largest absolute Gasteiger partial charge is 0.480 e. The van der Waals surface area contributed by atoms with Crippen molar-refractivity contribution in [3.63, 3.8) is 0 Å². The molecular weight excluding hydrogens is 234 g/mol. The molecule has 0 aromatic heterocycles. The van der Waals surface area contributed by atoms with Gasteiger partial charge in [0, 0.05) is 6.42 Å². The molecular formula is C13H19NO4. The number of hydrogen-bond donors (Lipinski definition) is 2. The molecule has 0 bridgehead atoms. The van der Waals surface area contributed by atoms with E-state index in [0.29, 0.717) is 6.42 Å². The predicted molar refractivity (Wildman–Crippen MR) is 67.3 cm³/mol. The minimum Gasteiger partial charge on any atom is -0.480 e. The number of amides is 1. The summed E-state index contributed by atoms with van der Waals surface area (Å²) in [5.74, 6) is -1.06. The molecule has 0 fully saturated rings. The van der Waals surface area contributed by atoms with Gasteiger partial charge >= 0.3 is 12.1 Å². The zero-order chi connectivity index (χ0) is 13.8. The van der Waals surface area contributed by atoms with Crippen molar-refractivity contribution in [2.75, 3.05) is 0 Å². The number of carbonyl (C=O) groups excluding carboxylic acids is 1. The zero-order valence-electron chi connectivity index (χ0n) is 10.9. The number of carbonyl (C=O) groups is 2. The second-order valence-corrected chi connectivity index (χ2v) is 5.20. The highest BCUT2D eigenvalue weighted by atomic mass is 16.6. The number of rotatable bonds is 4. The molecule has 0 saturated heterocycles. The standard InChI is InChI=1S/C13H19NO4/c1-13(2,3)18-12(17)14-10(11(15)16)8-9-6-4-5-7-9/h4-6,10H,7-8H2,1-3H3,(H,14,17)(H,15,16)/t10-/m0/s1. The molecule has 0 saturated carbocycles. The molecule has 1 aliphatic rings. The molecule has 0 radical (unpaired) electrons. The lowest BCUT2D eigenvalue weighted by atomic mass is 10.1. The molecule has 5 nitrogen and oxygen atoms in total. The third kappa shape index (κ3) is 5.03. The number of nitrogens with one attached hydrogen (secondary N) is 1. The maximum absolute atomic E-state index is 11.5. The molecule has 5 heteroatoms. The van der Waals surface area contributed by atoms with Crippen LogP contribution in [0.4, 0.5) is 4.79 Å². The Bertz CT molecular complexity index is 390. The van der Waals surface area contributed by atoms with E-state index in [1.54, 1.807) is 20.8 Å². The summed E-state index contributed by atoms with van der Waals surface area (Å²) in [7, 11) is 0. The summed E-state index contributed by atoms with van der Waals surface area (Å²) in [6, 6.07) is -0.953. The van der Waals surface area contributed by atoms with Crippen LogP contribution < -0.4 is 5.32 Å². The van der Waals surface area contributed by atoms with E-state index in [0.717, 1.165) is 12.0 Å². The van der Waals surface area contributed by atoms with Crippen LogP contribution in [0, 0.1) is 0 Å². The monoisotopic (exact) mass is 253 g/mol. The van der Waals surface area contributed by atoms with Crippen LogP contribution in [0.25, 0.3) is 0 Å². The fourth-order valence-electron chi connectivity index (χ4n) is 1.56. The molecule has 0 aromatic carbocycles. The molecule has 0 aromatic rings. The lowest BCUT2D eigenvalue weighted by Gasteiger charge is -2.22. The molecule has 100 valence electrons. The van der Waals surface area contributed by atoms with Crippen LogP contribution in [0.5, 0.6) is 0 Å². The smallest absolute Gasteiger partial charge is 0.408 e. The lowest BCUT2D eigenvalue weighted by molar-refractivity contribution is -0.139. The summed E-state index contributed by atoms with van der Waals surface area (Å²) >= 11 is 0.